The molecule has 0 saturated heterocycles. The molecule has 2 heterocycles. The van der Waals surface area contributed by atoms with Crippen molar-refractivity contribution in [3.05, 3.63) is 94.5 Å². The van der Waals surface area contributed by atoms with E-state index in [2.05, 4.69) is 17.0 Å². The lowest BCUT2D eigenvalue weighted by Crippen LogP contribution is -2.55. The normalized spacial score (nSPS) is 21.2. The summed E-state index contributed by atoms with van der Waals surface area (Å²) >= 11 is 0. The van der Waals surface area contributed by atoms with Gasteiger partial charge in [-0.15, -0.1) is 0 Å². The molecule has 0 bridgehead atoms. The summed E-state index contributed by atoms with van der Waals surface area (Å²) in [7, 11) is 0. The van der Waals surface area contributed by atoms with Gasteiger partial charge in [0, 0.05) is 25.2 Å². The van der Waals surface area contributed by atoms with Gasteiger partial charge in [0.05, 0.1) is 30.3 Å². The van der Waals surface area contributed by atoms with Crippen LogP contribution in [0, 0.1) is 5.92 Å². The fraction of sp³-hybridized carbons (Fsp3) is 0.417. The van der Waals surface area contributed by atoms with Crippen LogP contribution in [0.25, 0.3) is 0 Å². The van der Waals surface area contributed by atoms with E-state index in [9.17, 15) is 14.4 Å². The standard InChI is InChI=1S/C36H40N2O6/c1-3-42-31-22-27-16-19-37(20-21-38-33(39)28-12-8-9-13-29(28)34(38)40)36(30(27)23-32(31)43-4-2)17-14-26(15-18-36)35(41)44-24-25-10-6-5-7-11-25/h5-13,22-23,26H,3-4,14-21,24H2,1-2H3. The van der Waals surface area contributed by atoms with E-state index in [0.717, 1.165) is 42.9 Å². The first-order chi connectivity index (χ1) is 21.4. The molecular formula is C36H40N2O6. The molecule has 3 aromatic rings. The second kappa shape index (κ2) is 12.8. The van der Waals surface area contributed by atoms with Crippen molar-refractivity contribution in [2.24, 2.45) is 5.92 Å². The van der Waals surface area contributed by atoms with Gasteiger partial charge in [0.25, 0.3) is 11.8 Å². The zero-order chi connectivity index (χ0) is 30.7. The first-order valence-corrected chi connectivity index (χ1v) is 15.8. The van der Waals surface area contributed by atoms with Crippen LogP contribution in [0.15, 0.2) is 66.7 Å². The van der Waals surface area contributed by atoms with E-state index in [-0.39, 0.29) is 35.8 Å². The number of benzene rings is 3. The van der Waals surface area contributed by atoms with E-state index in [1.54, 1.807) is 24.3 Å². The Morgan fingerprint density at radius 2 is 1.45 bits per heavy atom. The molecule has 1 aliphatic carbocycles. The highest BCUT2D eigenvalue weighted by atomic mass is 16.5. The predicted octanol–water partition coefficient (Wildman–Crippen LogP) is 5.77. The summed E-state index contributed by atoms with van der Waals surface area (Å²) in [5.74, 6) is 0.671. The Balaban J connectivity index is 1.25. The Labute approximate surface area is 258 Å². The number of imide groups is 1. The van der Waals surface area contributed by atoms with Crippen molar-refractivity contribution in [2.45, 2.75) is 58.1 Å². The molecule has 0 radical (unpaired) electrons. The molecule has 8 heteroatoms. The van der Waals surface area contributed by atoms with E-state index in [1.807, 2.05) is 44.2 Å². The number of ether oxygens (including phenoxy) is 3. The van der Waals surface area contributed by atoms with Gasteiger partial charge in [-0.2, -0.15) is 0 Å². The lowest BCUT2D eigenvalue weighted by Gasteiger charge is -2.52. The summed E-state index contributed by atoms with van der Waals surface area (Å²) in [5.41, 5.74) is 3.96. The summed E-state index contributed by atoms with van der Waals surface area (Å²) in [4.78, 5) is 43.3. The van der Waals surface area contributed by atoms with Crippen molar-refractivity contribution < 1.29 is 28.6 Å². The zero-order valence-corrected chi connectivity index (χ0v) is 25.6. The van der Waals surface area contributed by atoms with Gasteiger partial charge in [0.1, 0.15) is 6.61 Å². The van der Waals surface area contributed by atoms with Gasteiger partial charge >= 0.3 is 5.97 Å². The van der Waals surface area contributed by atoms with Gasteiger partial charge < -0.3 is 14.2 Å². The quantitative estimate of drug-likeness (QED) is 0.217. The molecule has 2 amide bonds. The Morgan fingerprint density at radius 1 is 0.841 bits per heavy atom. The summed E-state index contributed by atoms with van der Waals surface area (Å²) < 4.78 is 17.7. The van der Waals surface area contributed by atoms with Gasteiger partial charge in [0.2, 0.25) is 0 Å². The molecule has 3 aliphatic rings. The number of fused-ring (bicyclic) bond motifs is 3. The van der Waals surface area contributed by atoms with Crippen LogP contribution in [0.1, 0.15) is 76.9 Å². The molecule has 0 N–H and O–H groups in total. The minimum Gasteiger partial charge on any atom is -0.490 e. The van der Waals surface area contributed by atoms with Crippen LogP contribution < -0.4 is 9.47 Å². The topological polar surface area (TPSA) is 85.4 Å². The number of amides is 2. The molecule has 8 nitrogen and oxygen atoms in total. The second-order valence-corrected chi connectivity index (χ2v) is 11.8. The fourth-order valence-electron chi connectivity index (χ4n) is 7.17. The van der Waals surface area contributed by atoms with Crippen LogP contribution in [0.2, 0.25) is 0 Å². The van der Waals surface area contributed by atoms with Crippen LogP contribution in [0.3, 0.4) is 0 Å². The largest absolute Gasteiger partial charge is 0.490 e. The highest BCUT2D eigenvalue weighted by Crippen LogP contribution is 2.50. The van der Waals surface area contributed by atoms with Crippen molar-refractivity contribution in [1.82, 2.24) is 9.80 Å². The molecule has 0 unspecified atom stereocenters. The predicted molar refractivity (Wildman–Crippen MR) is 166 cm³/mol. The molecule has 3 aromatic carbocycles. The van der Waals surface area contributed by atoms with Crippen molar-refractivity contribution in [1.29, 1.82) is 0 Å². The molecule has 1 spiro atoms. The van der Waals surface area contributed by atoms with Crippen LogP contribution in [-0.4, -0.2) is 60.4 Å². The first kappa shape index (κ1) is 29.9. The van der Waals surface area contributed by atoms with Crippen molar-refractivity contribution >= 4 is 17.8 Å². The molecule has 0 aromatic heterocycles. The third-order valence-electron chi connectivity index (χ3n) is 9.37. The maximum absolute atomic E-state index is 13.2. The number of rotatable bonds is 10. The smallest absolute Gasteiger partial charge is 0.309 e. The fourth-order valence-corrected chi connectivity index (χ4v) is 7.17. The van der Waals surface area contributed by atoms with Crippen LogP contribution in [0.5, 0.6) is 11.5 Å². The Bertz CT molecular complexity index is 1490. The lowest BCUT2D eigenvalue weighted by atomic mass is 9.68. The molecule has 0 atom stereocenters. The minimum absolute atomic E-state index is 0.154. The van der Waals surface area contributed by atoms with Crippen LogP contribution in [0.4, 0.5) is 0 Å². The molecule has 1 fully saturated rings. The second-order valence-electron chi connectivity index (χ2n) is 11.8. The highest BCUT2D eigenvalue weighted by Gasteiger charge is 2.47. The Hall–Kier alpha value is -4.17. The van der Waals surface area contributed by atoms with Gasteiger partial charge in [-0.05, 0) is 86.9 Å². The number of hydrogen-bond acceptors (Lipinski definition) is 7. The molecule has 6 rings (SSSR count). The average molecular weight is 597 g/mol. The number of carbonyl (C=O) groups excluding carboxylic acids is 3. The molecule has 230 valence electrons. The number of hydrogen-bond donors (Lipinski definition) is 0. The third-order valence-corrected chi connectivity index (χ3v) is 9.37. The number of carbonyl (C=O) groups is 3. The maximum atomic E-state index is 13.2. The van der Waals surface area contributed by atoms with Crippen molar-refractivity contribution in [3.63, 3.8) is 0 Å². The highest BCUT2D eigenvalue weighted by molar-refractivity contribution is 6.21. The van der Waals surface area contributed by atoms with E-state index >= 15 is 0 Å². The van der Waals surface area contributed by atoms with E-state index in [4.69, 9.17) is 14.2 Å². The molecule has 2 aliphatic heterocycles. The Kier molecular flexibility index (Phi) is 8.71. The number of nitrogens with zero attached hydrogens (tertiary/aromatic N) is 2. The van der Waals surface area contributed by atoms with Gasteiger partial charge in [-0.1, -0.05) is 42.5 Å². The zero-order valence-electron chi connectivity index (χ0n) is 25.6. The Morgan fingerprint density at radius 3 is 2.09 bits per heavy atom. The average Bonchev–Trinajstić information content (AvgIpc) is 3.30. The monoisotopic (exact) mass is 596 g/mol. The van der Waals surface area contributed by atoms with Crippen LogP contribution >= 0.6 is 0 Å². The van der Waals surface area contributed by atoms with Crippen molar-refractivity contribution in [3.8, 4) is 11.5 Å². The summed E-state index contributed by atoms with van der Waals surface area (Å²) in [6.07, 6.45) is 3.70. The maximum Gasteiger partial charge on any atom is 0.309 e. The van der Waals surface area contributed by atoms with Gasteiger partial charge in [-0.3, -0.25) is 24.2 Å². The summed E-state index contributed by atoms with van der Waals surface area (Å²) in [5, 5.41) is 0. The number of esters is 1. The van der Waals surface area contributed by atoms with Gasteiger partial charge in [0.15, 0.2) is 11.5 Å². The summed E-state index contributed by atoms with van der Waals surface area (Å²) in [6, 6.07) is 21.0. The van der Waals surface area contributed by atoms with E-state index < -0.39 is 0 Å². The molecule has 44 heavy (non-hydrogen) atoms. The minimum atomic E-state index is -0.362. The van der Waals surface area contributed by atoms with Crippen LogP contribution in [-0.2, 0) is 28.1 Å². The third kappa shape index (κ3) is 5.59. The molecule has 1 saturated carbocycles. The lowest BCUT2D eigenvalue weighted by molar-refractivity contribution is -0.152. The molecular weight excluding hydrogens is 556 g/mol. The summed E-state index contributed by atoms with van der Waals surface area (Å²) in [6.45, 7) is 6.90. The van der Waals surface area contributed by atoms with Gasteiger partial charge in [-0.25, -0.2) is 0 Å². The first-order valence-electron chi connectivity index (χ1n) is 15.8. The van der Waals surface area contributed by atoms with E-state index in [0.29, 0.717) is 50.3 Å². The SMILES string of the molecule is CCOc1cc2c(cc1OCC)C1(CCC(C(=O)OCc3ccccc3)CC1)N(CCN1C(=O)c3ccccc3C1=O)CC2. The van der Waals surface area contributed by atoms with E-state index in [1.165, 1.54) is 16.0 Å². The van der Waals surface area contributed by atoms with Crippen molar-refractivity contribution in [2.75, 3.05) is 32.8 Å².